The summed E-state index contributed by atoms with van der Waals surface area (Å²) in [4.78, 5) is 12.3. The van der Waals surface area contributed by atoms with Crippen LogP contribution in [-0.2, 0) is 6.42 Å². The molecule has 88 valence electrons. The van der Waals surface area contributed by atoms with Gasteiger partial charge in [0, 0.05) is 13.2 Å². The second kappa shape index (κ2) is 5.25. The van der Waals surface area contributed by atoms with Crippen LogP contribution in [0, 0.1) is 0 Å². The summed E-state index contributed by atoms with van der Waals surface area (Å²) in [6, 6.07) is 3.66. The summed E-state index contributed by atoms with van der Waals surface area (Å²) in [5, 5.41) is 3.03. The van der Waals surface area contributed by atoms with Crippen LogP contribution < -0.4 is 10.1 Å². The lowest BCUT2D eigenvalue weighted by Crippen LogP contribution is -2.02. The average molecular weight is 230 g/mol. The Morgan fingerprint density at radius 1 is 1.35 bits per heavy atom. The molecule has 0 radical (unpaired) electrons. The zero-order valence-electron chi connectivity index (χ0n) is 9.84. The first-order valence-corrected chi connectivity index (χ1v) is 5.44. The van der Waals surface area contributed by atoms with Crippen LogP contribution in [0.2, 0.25) is 0 Å². The van der Waals surface area contributed by atoms with Crippen molar-refractivity contribution in [3.8, 4) is 11.6 Å². The van der Waals surface area contributed by atoms with Gasteiger partial charge in [-0.05, 0) is 18.6 Å². The quantitative estimate of drug-likeness (QED) is 0.873. The Kier molecular flexibility index (Phi) is 3.49. The van der Waals surface area contributed by atoms with E-state index in [-0.39, 0.29) is 0 Å². The Morgan fingerprint density at radius 2 is 2.24 bits per heavy atom. The molecular formula is C12H14N4O. The molecule has 0 saturated carbocycles. The average Bonchev–Trinajstić information content (AvgIpc) is 2.39. The van der Waals surface area contributed by atoms with Gasteiger partial charge in [0.25, 0.3) is 0 Å². The van der Waals surface area contributed by atoms with Gasteiger partial charge in [0.05, 0.1) is 11.8 Å². The molecule has 2 aromatic heterocycles. The first-order valence-electron chi connectivity index (χ1n) is 5.44. The molecule has 5 nitrogen and oxygen atoms in total. The van der Waals surface area contributed by atoms with Gasteiger partial charge in [-0.3, -0.25) is 4.98 Å². The molecule has 0 saturated heterocycles. The maximum Gasteiger partial charge on any atom is 0.227 e. The Labute approximate surface area is 99.9 Å². The molecule has 17 heavy (non-hydrogen) atoms. The molecule has 1 N–H and O–H groups in total. The van der Waals surface area contributed by atoms with Gasteiger partial charge < -0.3 is 10.1 Å². The number of nitrogens with one attached hydrogen (secondary N) is 1. The van der Waals surface area contributed by atoms with E-state index in [1.165, 1.54) is 6.33 Å². The van der Waals surface area contributed by atoms with Crippen molar-refractivity contribution < 1.29 is 4.74 Å². The number of nitrogens with zero attached hydrogens (tertiary/aromatic N) is 3. The van der Waals surface area contributed by atoms with Crippen molar-refractivity contribution in [3.05, 3.63) is 36.4 Å². The van der Waals surface area contributed by atoms with E-state index < -0.39 is 0 Å². The summed E-state index contributed by atoms with van der Waals surface area (Å²) in [5.41, 5.74) is 0.957. The molecule has 0 bridgehead atoms. The van der Waals surface area contributed by atoms with Crippen molar-refractivity contribution in [3.63, 3.8) is 0 Å². The van der Waals surface area contributed by atoms with E-state index in [4.69, 9.17) is 4.74 Å². The predicted octanol–water partition coefficient (Wildman–Crippen LogP) is 2.27. The Balaban J connectivity index is 2.33. The molecule has 0 aliphatic carbocycles. The number of hydrogen-bond donors (Lipinski definition) is 1. The first kappa shape index (κ1) is 11.3. The standard InChI is InChI=1S/C12H14N4O/c1-3-10-11(13-2)15-8-16-12(10)17-9-5-4-6-14-7-9/h4-8H,3H2,1-2H3,(H,13,15,16). The highest BCUT2D eigenvalue weighted by Crippen LogP contribution is 2.26. The third kappa shape index (κ3) is 2.50. The van der Waals surface area contributed by atoms with Crippen LogP contribution in [0.1, 0.15) is 12.5 Å². The fraction of sp³-hybridized carbons (Fsp3) is 0.250. The minimum absolute atomic E-state index is 0.569. The van der Waals surface area contributed by atoms with Gasteiger partial charge in [0.1, 0.15) is 17.9 Å². The number of rotatable bonds is 4. The third-order valence-electron chi connectivity index (χ3n) is 2.35. The number of anilines is 1. The van der Waals surface area contributed by atoms with Gasteiger partial charge in [-0.1, -0.05) is 6.92 Å². The molecular weight excluding hydrogens is 216 g/mol. The van der Waals surface area contributed by atoms with Crippen molar-refractivity contribution >= 4 is 5.82 Å². The van der Waals surface area contributed by atoms with E-state index in [1.807, 2.05) is 26.1 Å². The number of pyridine rings is 1. The molecule has 2 heterocycles. The lowest BCUT2D eigenvalue weighted by Gasteiger charge is -2.11. The van der Waals surface area contributed by atoms with Gasteiger partial charge in [0.2, 0.25) is 5.88 Å². The van der Waals surface area contributed by atoms with E-state index in [2.05, 4.69) is 20.3 Å². The monoisotopic (exact) mass is 230 g/mol. The molecule has 2 rings (SSSR count). The molecule has 0 atom stereocenters. The van der Waals surface area contributed by atoms with Gasteiger partial charge in [-0.2, -0.15) is 0 Å². The van der Waals surface area contributed by atoms with Crippen molar-refractivity contribution in [2.45, 2.75) is 13.3 Å². The highest BCUT2D eigenvalue weighted by molar-refractivity contribution is 5.49. The van der Waals surface area contributed by atoms with Gasteiger partial charge >= 0.3 is 0 Å². The zero-order chi connectivity index (χ0) is 12.1. The van der Waals surface area contributed by atoms with Crippen molar-refractivity contribution in [2.24, 2.45) is 0 Å². The molecule has 0 fully saturated rings. The van der Waals surface area contributed by atoms with Gasteiger partial charge in [-0.15, -0.1) is 0 Å². The predicted molar refractivity (Wildman–Crippen MR) is 65.3 cm³/mol. The van der Waals surface area contributed by atoms with Crippen LogP contribution in [0.25, 0.3) is 0 Å². The third-order valence-corrected chi connectivity index (χ3v) is 2.35. The lowest BCUT2D eigenvalue weighted by molar-refractivity contribution is 0.453. The van der Waals surface area contributed by atoms with E-state index in [0.717, 1.165) is 17.8 Å². The zero-order valence-corrected chi connectivity index (χ0v) is 9.84. The number of ether oxygens (including phenoxy) is 1. The fourth-order valence-corrected chi connectivity index (χ4v) is 1.54. The molecule has 5 heteroatoms. The van der Waals surface area contributed by atoms with Crippen LogP contribution in [0.5, 0.6) is 11.6 Å². The maximum absolute atomic E-state index is 5.69. The Hall–Kier alpha value is -2.17. The highest BCUT2D eigenvalue weighted by Gasteiger charge is 2.10. The molecule has 0 amide bonds. The fourth-order valence-electron chi connectivity index (χ4n) is 1.54. The van der Waals surface area contributed by atoms with E-state index in [0.29, 0.717) is 11.6 Å². The lowest BCUT2D eigenvalue weighted by atomic mass is 10.2. The van der Waals surface area contributed by atoms with Crippen LogP contribution in [0.15, 0.2) is 30.9 Å². The SMILES string of the molecule is CCc1c(NC)ncnc1Oc1cccnc1. The van der Waals surface area contributed by atoms with Crippen molar-refractivity contribution in [1.82, 2.24) is 15.0 Å². The number of hydrogen-bond acceptors (Lipinski definition) is 5. The summed E-state index contributed by atoms with van der Waals surface area (Å²) < 4.78 is 5.69. The second-order valence-corrected chi connectivity index (χ2v) is 3.40. The number of aromatic nitrogens is 3. The molecule has 0 spiro atoms. The minimum atomic E-state index is 0.569. The highest BCUT2D eigenvalue weighted by atomic mass is 16.5. The molecule has 2 aromatic rings. The normalized spacial score (nSPS) is 10.0. The molecule has 0 unspecified atom stereocenters. The van der Waals surface area contributed by atoms with Gasteiger partial charge in [0.15, 0.2) is 0 Å². The summed E-state index contributed by atoms with van der Waals surface area (Å²) >= 11 is 0. The van der Waals surface area contributed by atoms with Crippen LogP contribution in [-0.4, -0.2) is 22.0 Å². The first-order chi connectivity index (χ1) is 8.35. The van der Waals surface area contributed by atoms with Crippen molar-refractivity contribution in [2.75, 3.05) is 12.4 Å². The minimum Gasteiger partial charge on any atom is -0.437 e. The smallest absolute Gasteiger partial charge is 0.227 e. The topological polar surface area (TPSA) is 59.9 Å². The summed E-state index contributed by atoms with van der Waals surface area (Å²) in [7, 11) is 1.83. The van der Waals surface area contributed by atoms with Gasteiger partial charge in [-0.25, -0.2) is 9.97 Å². The summed E-state index contributed by atoms with van der Waals surface area (Å²) in [6.07, 6.45) is 5.64. The van der Waals surface area contributed by atoms with E-state index >= 15 is 0 Å². The van der Waals surface area contributed by atoms with Crippen LogP contribution >= 0.6 is 0 Å². The maximum atomic E-state index is 5.69. The second-order valence-electron chi connectivity index (χ2n) is 3.40. The van der Waals surface area contributed by atoms with Crippen LogP contribution in [0.4, 0.5) is 5.82 Å². The van der Waals surface area contributed by atoms with Crippen molar-refractivity contribution in [1.29, 1.82) is 0 Å². The molecule has 0 aliphatic rings. The van der Waals surface area contributed by atoms with Crippen LogP contribution in [0.3, 0.4) is 0 Å². The Bertz CT molecular complexity index is 487. The molecule has 0 aliphatic heterocycles. The largest absolute Gasteiger partial charge is 0.437 e. The summed E-state index contributed by atoms with van der Waals surface area (Å²) in [5.74, 6) is 2.03. The molecule has 0 aromatic carbocycles. The van der Waals surface area contributed by atoms with E-state index in [9.17, 15) is 0 Å². The van der Waals surface area contributed by atoms with E-state index in [1.54, 1.807) is 12.4 Å². The summed E-state index contributed by atoms with van der Waals surface area (Å²) in [6.45, 7) is 2.04. The Morgan fingerprint density at radius 3 is 2.88 bits per heavy atom.